The molecule has 4 rings (SSSR count). The lowest BCUT2D eigenvalue weighted by Gasteiger charge is -2.16. The third-order valence-electron chi connectivity index (χ3n) is 5.63. The standard InChI is InChI=1S/C27H27N3O3/c1-4-9-24-29-23-13-8-12-22(25(23)26(31)30(24)20-10-6-5-7-11-20)28-17-19-14-15-21(18(2)16-19)27(32)33-3/h5-8,10-16,28H,4,9,17H2,1-3H3. The van der Waals surface area contributed by atoms with Gasteiger partial charge in [-0.15, -0.1) is 0 Å². The Labute approximate surface area is 192 Å². The van der Waals surface area contributed by atoms with Gasteiger partial charge in [0, 0.05) is 18.7 Å². The SMILES string of the molecule is CCCc1nc2cccc(NCc3ccc(C(=O)OC)c(C)c3)c2c(=O)n1-c1ccccc1. The van der Waals surface area contributed by atoms with Crippen LogP contribution in [0.5, 0.6) is 0 Å². The van der Waals surface area contributed by atoms with Crippen LogP contribution >= 0.6 is 0 Å². The largest absolute Gasteiger partial charge is 0.465 e. The summed E-state index contributed by atoms with van der Waals surface area (Å²) in [7, 11) is 1.37. The van der Waals surface area contributed by atoms with E-state index in [-0.39, 0.29) is 11.5 Å². The first-order chi connectivity index (χ1) is 16.0. The molecule has 1 aromatic heterocycles. The van der Waals surface area contributed by atoms with Crippen molar-refractivity contribution < 1.29 is 9.53 Å². The lowest BCUT2D eigenvalue weighted by Crippen LogP contribution is -2.24. The number of aryl methyl sites for hydroxylation is 2. The zero-order chi connectivity index (χ0) is 23.4. The Kier molecular flexibility index (Phi) is 6.54. The van der Waals surface area contributed by atoms with Gasteiger partial charge < -0.3 is 10.1 Å². The molecule has 0 atom stereocenters. The first kappa shape index (κ1) is 22.3. The molecule has 0 unspecified atom stereocenters. The minimum Gasteiger partial charge on any atom is -0.465 e. The third-order valence-corrected chi connectivity index (χ3v) is 5.63. The topological polar surface area (TPSA) is 73.2 Å². The van der Waals surface area contributed by atoms with Gasteiger partial charge in [0.15, 0.2) is 0 Å². The quantitative estimate of drug-likeness (QED) is 0.407. The normalized spacial score (nSPS) is 10.9. The molecule has 0 radical (unpaired) electrons. The lowest BCUT2D eigenvalue weighted by molar-refractivity contribution is 0.0600. The summed E-state index contributed by atoms with van der Waals surface area (Å²) in [6.07, 6.45) is 1.60. The number of para-hydroxylation sites is 1. The van der Waals surface area contributed by atoms with Crippen molar-refractivity contribution in [1.29, 1.82) is 0 Å². The molecule has 6 heteroatoms. The van der Waals surface area contributed by atoms with Crippen LogP contribution in [-0.2, 0) is 17.7 Å². The van der Waals surface area contributed by atoms with Crippen LogP contribution in [0, 0.1) is 6.92 Å². The maximum absolute atomic E-state index is 13.7. The second kappa shape index (κ2) is 9.69. The molecule has 3 aromatic carbocycles. The van der Waals surface area contributed by atoms with Gasteiger partial charge in [-0.2, -0.15) is 0 Å². The van der Waals surface area contributed by atoms with E-state index in [1.165, 1.54) is 7.11 Å². The highest BCUT2D eigenvalue weighted by Gasteiger charge is 2.15. The Bertz CT molecular complexity index is 1360. The minimum atomic E-state index is -0.350. The minimum absolute atomic E-state index is 0.0880. The average Bonchev–Trinajstić information content (AvgIpc) is 2.83. The van der Waals surface area contributed by atoms with Crippen molar-refractivity contribution >= 4 is 22.6 Å². The van der Waals surface area contributed by atoms with Gasteiger partial charge in [0.25, 0.3) is 5.56 Å². The van der Waals surface area contributed by atoms with Crippen LogP contribution in [0.1, 0.15) is 40.7 Å². The molecule has 0 saturated heterocycles. The molecule has 1 N–H and O–H groups in total. The number of fused-ring (bicyclic) bond motifs is 1. The van der Waals surface area contributed by atoms with E-state index in [0.717, 1.165) is 34.7 Å². The second-order valence-corrected chi connectivity index (χ2v) is 7.95. The maximum Gasteiger partial charge on any atom is 0.338 e. The third kappa shape index (κ3) is 4.51. The Balaban J connectivity index is 1.74. The van der Waals surface area contributed by atoms with Crippen LogP contribution in [0.2, 0.25) is 0 Å². The Hall–Kier alpha value is -3.93. The predicted molar refractivity (Wildman–Crippen MR) is 131 cm³/mol. The van der Waals surface area contributed by atoms with Gasteiger partial charge in [-0.1, -0.05) is 43.3 Å². The van der Waals surface area contributed by atoms with Crippen molar-refractivity contribution in [3.05, 3.63) is 99.6 Å². The van der Waals surface area contributed by atoms with Crippen molar-refractivity contribution in [1.82, 2.24) is 9.55 Å². The number of esters is 1. The number of hydrogen-bond donors (Lipinski definition) is 1. The predicted octanol–water partition coefficient (Wildman–Crippen LogP) is 5.05. The van der Waals surface area contributed by atoms with Gasteiger partial charge in [-0.3, -0.25) is 9.36 Å². The zero-order valence-corrected chi connectivity index (χ0v) is 19.1. The van der Waals surface area contributed by atoms with Crippen molar-refractivity contribution in [2.75, 3.05) is 12.4 Å². The van der Waals surface area contributed by atoms with Crippen LogP contribution in [0.3, 0.4) is 0 Å². The summed E-state index contributed by atoms with van der Waals surface area (Å²) in [6.45, 7) is 4.46. The second-order valence-electron chi connectivity index (χ2n) is 7.95. The molecule has 33 heavy (non-hydrogen) atoms. The van der Waals surface area contributed by atoms with Crippen LogP contribution in [0.4, 0.5) is 5.69 Å². The molecule has 0 bridgehead atoms. The van der Waals surface area contributed by atoms with E-state index in [9.17, 15) is 9.59 Å². The van der Waals surface area contributed by atoms with E-state index in [1.807, 2.05) is 67.6 Å². The smallest absolute Gasteiger partial charge is 0.338 e. The molecule has 0 amide bonds. The summed E-state index contributed by atoms with van der Waals surface area (Å²) in [5, 5.41) is 3.95. The Morgan fingerprint density at radius 3 is 2.55 bits per heavy atom. The van der Waals surface area contributed by atoms with Gasteiger partial charge in [-0.05, 0) is 54.8 Å². The van der Waals surface area contributed by atoms with Crippen molar-refractivity contribution in [2.45, 2.75) is 33.2 Å². The van der Waals surface area contributed by atoms with Crippen molar-refractivity contribution in [3.63, 3.8) is 0 Å². The Morgan fingerprint density at radius 1 is 1.06 bits per heavy atom. The van der Waals surface area contributed by atoms with Crippen molar-refractivity contribution in [2.24, 2.45) is 0 Å². The molecule has 0 aliphatic rings. The van der Waals surface area contributed by atoms with Crippen LogP contribution in [-0.4, -0.2) is 22.6 Å². The van der Waals surface area contributed by atoms with E-state index < -0.39 is 0 Å². The molecule has 1 heterocycles. The number of hydrogen-bond acceptors (Lipinski definition) is 5. The molecular formula is C27H27N3O3. The van der Waals surface area contributed by atoms with Crippen LogP contribution in [0.25, 0.3) is 16.6 Å². The number of carbonyl (C=O) groups is 1. The van der Waals surface area contributed by atoms with E-state index in [0.29, 0.717) is 29.4 Å². The van der Waals surface area contributed by atoms with Crippen LogP contribution in [0.15, 0.2) is 71.5 Å². The summed E-state index contributed by atoms with van der Waals surface area (Å²) >= 11 is 0. The molecule has 0 fully saturated rings. The molecule has 0 saturated carbocycles. The van der Waals surface area contributed by atoms with E-state index in [1.54, 1.807) is 10.6 Å². The highest BCUT2D eigenvalue weighted by Crippen LogP contribution is 2.22. The number of benzene rings is 3. The van der Waals surface area contributed by atoms with Gasteiger partial charge in [0.05, 0.1) is 29.3 Å². The van der Waals surface area contributed by atoms with Crippen molar-refractivity contribution in [3.8, 4) is 5.69 Å². The number of aromatic nitrogens is 2. The molecule has 0 spiro atoms. The molecule has 0 aliphatic carbocycles. The van der Waals surface area contributed by atoms with E-state index in [2.05, 4.69) is 12.2 Å². The molecule has 168 valence electrons. The van der Waals surface area contributed by atoms with Gasteiger partial charge in [0.1, 0.15) is 5.82 Å². The lowest BCUT2D eigenvalue weighted by atomic mass is 10.0. The highest BCUT2D eigenvalue weighted by molar-refractivity contribution is 5.92. The Morgan fingerprint density at radius 2 is 1.85 bits per heavy atom. The summed E-state index contributed by atoms with van der Waals surface area (Å²) in [5.41, 5.74) is 4.52. The summed E-state index contributed by atoms with van der Waals surface area (Å²) in [4.78, 5) is 30.4. The average molecular weight is 442 g/mol. The van der Waals surface area contributed by atoms with Crippen LogP contribution < -0.4 is 10.9 Å². The van der Waals surface area contributed by atoms with E-state index >= 15 is 0 Å². The fraction of sp³-hybridized carbons (Fsp3) is 0.222. The highest BCUT2D eigenvalue weighted by atomic mass is 16.5. The van der Waals surface area contributed by atoms with Gasteiger partial charge in [-0.25, -0.2) is 9.78 Å². The monoisotopic (exact) mass is 441 g/mol. The summed E-state index contributed by atoms with van der Waals surface area (Å²) < 4.78 is 6.54. The number of carbonyl (C=O) groups excluding carboxylic acids is 1. The van der Waals surface area contributed by atoms with Gasteiger partial charge in [0.2, 0.25) is 0 Å². The first-order valence-corrected chi connectivity index (χ1v) is 11.0. The molecule has 6 nitrogen and oxygen atoms in total. The fourth-order valence-corrected chi connectivity index (χ4v) is 4.03. The summed E-state index contributed by atoms with van der Waals surface area (Å²) in [5.74, 6) is 0.406. The number of methoxy groups -OCH3 is 1. The summed E-state index contributed by atoms with van der Waals surface area (Å²) in [6, 6.07) is 20.9. The molecule has 0 aliphatic heterocycles. The van der Waals surface area contributed by atoms with Gasteiger partial charge >= 0.3 is 5.97 Å². The first-order valence-electron chi connectivity index (χ1n) is 11.0. The zero-order valence-electron chi connectivity index (χ0n) is 19.1. The number of nitrogens with one attached hydrogen (secondary N) is 1. The number of ether oxygens (including phenoxy) is 1. The fourth-order valence-electron chi connectivity index (χ4n) is 4.03. The van der Waals surface area contributed by atoms with E-state index in [4.69, 9.17) is 9.72 Å². The number of nitrogens with zero attached hydrogens (tertiary/aromatic N) is 2. The molecule has 4 aromatic rings. The number of rotatable bonds is 7. The number of anilines is 1. The molecular weight excluding hydrogens is 414 g/mol. The maximum atomic E-state index is 13.7.